The van der Waals surface area contributed by atoms with Gasteiger partial charge in [-0.2, -0.15) is 18.3 Å². The fourth-order valence-corrected chi connectivity index (χ4v) is 2.56. The van der Waals surface area contributed by atoms with E-state index in [2.05, 4.69) is 15.5 Å². The van der Waals surface area contributed by atoms with Crippen LogP contribution in [-0.2, 0) is 17.4 Å². The van der Waals surface area contributed by atoms with Crippen LogP contribution in [0.3, 0.4) is 0 Å². The van der Waals surface area contributed by atoms with Crippen molar-refractivity contribution in [1.82, 2.24) is 15.1 Å². The minimum Gasteiger partial charge on any atom is -0.328 e. The Morgan fingerprint density at radius 3 is 2.56 bits per heavy atom. The Hall–Kier alpha value is -2.84. The number of amides is 2. The molecule has 2 N–H and O–H groups in total. The van der Waals surface area contributed by atoms with E-state index in [4.69, 9.17) is 0 Å². The van der Waals surface area contributed by atoms with Crippen molar-refractivity contribution in [3.05, 3.63) is 47.3 Å². The van der Waals surface area contributed by atoms with Crippen LogP contribution in [0.2, 0.25) is 0 Å². The van der Waals surface area contributed by atoms with Gasteiger partial charge in [-0.05, 0) is 31.5 Å². The normalized spacial score (nSPS) is 11.3. The number of alkyl halides is 3. The molecule has 0 unspecified atom stereocenters. The third-order valence-corrected chi connectivity index (χ3v) is 3.88. The second kappa shape index (κ2) is 8.70. The fourth-order valence-electron chi connectivity index (χ4n) is 2.56. The number of nitrogens with one attached hydrogen (secondary N) is 2. The van der Waals surface area contributed by atoms with E-state index < -0.39 is 23.6 Å². The number of nitrogens with zero attached hydrogens (tertiary/aromatic N) is 2. The molecule has 0 saturated heterocycles. The number of aryl methyl sites for hydroxylation is 1. The second-order valence-electron chi connectivity index (χ2n) is 5.94. The van der Waals surface area contributed by atoms with Gasteiger partial charge in [0.05, 0.1) is 11.3 Å². The van der Waals surface area contributed by atoms with Crippen molar-refractivity contribution in [2.45, 2.75) is 32.9 Å². The number of para-hydroxylation sites is 1. The first-order chi connectivity index (χ1) is 12.8. The maximum Gasteiger partial charge on any atom is 0.418 e. The van der Waals surface area contributed by atoms with Crippen LogP contribution in [0, 0.1) is 0 Å². The number of carbonyl (C=O) groups is 2. The molecule has 2 amide bonds. The molecule has 0 bridgehead atoms. The summed E-state index contributed by atoms with van der Waals surface area (Å²) in [6, 6.07) is 6.31. The average molecular weight is 382 g/mol. The summed E-state index contributed by atoms with van der Waals surface area (Å²) >= 11 is 0. The van der Waals surface area contributed by atoms with Crippen molar-refractivity contribution in [3.63, 3.8) is 0 Å². The van der Waals surface area contributed by atoms with Gasteiger partial charge in [-0.1, -0.05) is 25.5 Å². The molecule has 0 aliphatic carbocycles. The number of likely N-dealkylation sites (N-methyl/N-ethyl adjacent to an activating group) is 1. The quantitative estimate of drug-likeness (QED) is 0.770. The van der Waals surface area contributed by atoms with Gasteiger partial charge in [0.25, 0.3) is 5.91 Å². The Morgan fingerprint density at radius 2 is 1.93 bits per heavy atom. The Kier molecular flexibility index (Phi) is 6.59. The predicted molar refractivity (Wildman–Crippen MR) is 94.2 cm³/mol. The van der Waals surface area contributed by atoms with Crippen LogP contribution in [0.15, 0.2) is 30.3 Å². The van der Waals surface area contributed by atoms with Crippen molar-refractivity contribution in [2.24, 2.45) is 0 Å². The molecule has 1 aromatic carbocycles. The number of aromatic amines is 1. The molecule has 27 heavy (non-hydrogen) atoms. The zero-order valence-electron chi connectivity index (χ0n) is 15.1. The number of aromatic nitrogens is 2. The van der Waals surface area contributed by atoms with Crippen molar-refractivity contribution in [1.29, 1.82) is 0 Å². The van der Waals surface area contributed by atoms with Crippen LogP contribution in [-0.4, -0.2) is 40.0 Å². The van der Waals surface area contributed by atoms with Gasteiger partial charge in [0.15, 0.2) is 0 Å². The highest BCUT2D eigenvalue weighted by molar-refractivity contribution is 5.98. The molecule has 146 valence electrons. The Bertz CT molecular complexity index is 802. The summed E-state index contributed by atoms with van der Waals surface area (Å²) in [4.78, 5) is 25.9. The maximum atomic E-state index is 13.0. The van der Waals surface area contributed by atoms with Crippen LogP contribution in [0.4, 0.5) is 18.9 Å². The summed E-state index contributed by atoms with van der Waals surface area (Å²) in [5.41, 5.74) is -0.308. The topological polar surface area (TPSA) is 78.1 Å². The summed E-state index contributed by atoms with van der Waals surface area (Å²) in [7, 11) is 0. The van der Waals surface area contributed by atoms with E-state index in [1.165, 1.54) is 23.1 Å². The van der Waals surface area contributed by atoms with E-state index in [0.29, 0.717) is 0 Å². The molecule has 0 aliphatic heterocycles. The second-order valence-corrected chi connectivity index (χ2v) is 5.94. The summed E-state index contributed by atoms with van der Waals surface area (Å²) in [5.74, 6) is -1.18. The molecule has 6 nitrogen and oxygen atoms in total. The Morgan fingerprint density at radius 1 is 1.22 bits per heavy atom. The molecule has 0 saturated carbocycles. The highest BCUT2D eigenvalue weighted by Gasteiger charge is 2.33. The summed E-state index contributed by atoms with van der Waals surface area (Å²) < 4.78 is 39.0. The minimum absolute atomic E-state index is 0.170. The molecule has 2 aromatic rings. The number of carbonyl (C=O) groups excluding carboxylic acids is 2. The molecular weight excluding hydrogens is 361 g/mol. The molecule has 1 heterocycles. The first-order valence-corrected chi connectivity index (χ1v) is 8.55. The first kappa shape index (κ1) is 20.5. The van der Waals surface area contributed by atoms with Gasteiger partial charge < -0.3 is 10.2 Å². The van der Waals surface area contributed by atoms with Gasteiger partial charge >= 0.3 is 6.18 Å². The van der Waals surface area contributed by atoms with Crippen LogP contribution in [0.1, 0.15) is 42.0 Å². The number of hydrogen-bond donors (Lipinski definition) is 2. The smallest absolute Gasteiger partial charge is 0.328 e. The number of H-pyrrole nitrogens is 1. The lowest BCUT2D eigenvalue weighted by Gasteiger charge is -2.20. The van der Waals surface area contributed by atoms with Gasteiger partial charge in [-0.15, -0.1) is 0 Å². The van der Waals surface area contributed by atoms with E-state index in [0.717, 1.165) is 24.6 Å². The third-order valence-electron chi connectivity index (χ3n) is 3.88. The molecule has 0 fully saturated rings. The lowest BCUT2D eigenvalue weighted by atomic mass is 10.1. The van der Waals surface area contributed by atoms with E-state index in [1.54, 1.807) is 13.0 Å². The van der Waals surface area contributed by atoms with Crippen LogP contribution >= 0.6 is 0 Å². The molecular formula is C18H21F3N4O2. The van der Waals surface area contributed by atoms with Crippen molar-refractivity contribution in [2.75, 3.05) is 18.4 Å². The van der Waals surface area contributed by atoms with Crippen LogP contribution in [0.5, 0.6) is 0 Å². The van der Waals surface area contributed by atoms with E-state index >= 15 is 0 Å². The highest BCUT2D eigenvalue weighted by atomic mass is 19.4. The number of halogens is 3. The zero-order chi connectivity index (χ0) is 20.0. The molecule has 1 aromatic heterocycles. The molecule has 0 aliphatic rings. The van der Waals surface area contributed by atoms with Gasteiger partial charge in [-0.3, -0.25) is 14.7 Å². The van der Waals surface area contributed by atoms with Crippen LogP contribution < -0.4 is 5.32 Å². The van der Waals surface area contributed by atoms with Crippen LogP contribution in [0.25, 0.3) is 0 Å². The first-order valence-electron chi connectivity index (χ1n) is 8.55. The fraction of sp³-hybridized carbons (Fsp3) is 0.389. The number of anilines is 1. The number of benzene rings is 1. The largest absolute Gasteiger partial charge is 0.418 e. The maximum absolute atomic E-state index is 13.0. The van der Waals surface area contributed by atoms with Gasteiger partial charge in [0, 0.05) is 12.2 Å². The molecule has 2 rings (SSSR count). The Labute approximate surface area is 154 Å². The van der Waals surface area contributed by atoms with E-state index in [-0.39, 0.29) is 24.5 Å². The van der Waals surface area contributed by atoms with Crippen molar-refractivity contribution in [3.8, 4) is 0 Å². The monoisotopic (exact) mass is 382 g/mol. The summed E-state index contributed by atoms with van der Waals surface area (Å²) in [6.45, 7) is 3.50. The van der Waals surface area contributed by atoms with Gasteiger partial charge in [0.1, 0.15) is 12.2 Å². The SMILES string of the molecule is CCCc1cc(C(=O)N(CC)CC(=O)Nc2ccccc2C(F)(F)F)n[nH]1. The molecule has 0 spiro atoms. The van der Waals surface area contributed by atoms with Gasteiger partial charge in [-0.25, -0.2) is 0 Å². The van der Waals surface area contributed by atoms with Crippen molar-refractivity contribution < 1.29 is 22.8 Å². The summed E-state index contributed by atoms with van der Waals surface area (Å²) in [6.07, 6.45) is -2.97. The Balaban J connectivity index is 2.08. The molecule has 0 atom stereocenters. The number of rotatable bonds is 7. The highest BCUT2D eigenvalue weighted by Crippen LogP contribution is 2.34. The van der Waals surface area contributed by atoms with E-state index in [1.807, 2.05) is 6.92 Å². The molecule has 0 radical (unpaired) electrons. The minimum atomic E-state index is -4.59. The van der Waals surface area contributed by atoms with Crippen molar-refractivity contribution >= 4 is 17.5 Å². The molecule has 9 heteroatoms. The number of hydrogen-bond acceptors (Lipinski definition) is 3. The zero-order valence-corrected chi connectivity index (χ0v) is 15.1. The lowest BCUT2D eigenvalue weighted by Crippen LogP contribution is -2.38. The third kappa shape index (κ3) is 5.32. The van der Waals surface area contributed by atoms with Gasteiger partial charge in [0.2, 0.25) is 5.91 Å². The average Bonchev–Trinajstić information content (AvgIpc) is 3.07. The predicted octanol–water partition coefficient (Wildman–Crippen LogP) is 3.48. The summed E-state index contributed by atoms with van der Waals surface area (Å²) in [5, 5.41) is 8.94. The lowest BCUT2D eigenvalue weighted by molar-refractivity contribution is -0.137. The van der Waals surface area contributed by atoms with E-state index in [9.17, 15) is 22.8 Å². The standard InChI is InChI=1S/C18H21F3N4O2/c1-3-7-12-10-15(24-23-12)17(27)25(4-2)11-16(26)22-14-9-6-5-8-13(14)18(19,20)21/h5-6,8-10H,3-4,7,11H2,1-2H3,(H,22,26)(H,23,24).